The van der Waals surface area contributed by atoms with Crippen molar-refractivity contribution in [3.63, 3.8) is 0 Å². The molecular weight excluding hydrogens is 319 g/mol. The van der Waals surface area contributed by atoms with Gasteiger partial charge in [-0.05, 0) is 36.8 Å². The first-order valence-corrected chi connectivity index (χ1v) is 7.87. The fourth-order valence-electron chi connectivity index (χ4n) is 2.34. The average molecular weight is 338 g/mol. The molecule has 3 rings (SSSR count). The van der Waals surface area contributed by atoms with E-state index >= 15 is 0 Å². The highest BCUT2D eigenvalue weighted by atomic mass is 19.1. The lowest BCUT2D eigenvalue weighted by Gasteiger charge is -2.11. The molecule has 0 saturated heterocycles. The molecule has 0 amide bonds. The second-order valence-corrected chi connectivity index (χ2v) is 5.56. The first kappa shape index (κ1) is 16.7. The third kappa shape index (κ3) is 4.67. The summed E-state index contributed by atoms with van der Waals surface area (Å²) in [4.78, 5) is 8.85. The predicted octanol–water partition coefficient (Wildman–Crippen LogP) is 4.29. The summed E-state index contributed by atoms with van der Waals surface area (Å²) >= 11 is 0. The molecule has 0 radical (unpaired) electrons. The first-order chi connectivity index (χ1) is 12.1. The second kappa shape index (κ2) is 7.61. The van der Waals surface area contributed by atoms with Crippen molar-refractivity contribution in [3.8, 4) is 5.75 Å². The van der Waals surface area contributed by atoms with Gasteiger partial charge in [0.2, 0.25) is 5.95 Å². The largest absolute Gasteiger partial charge is 0.497 e. The molecule has 3 aromatic rings. The molecule has 0 bridgehead atoms. The molecule has 0 aliphatic carbocycles. The number of ether oxygens (including phenoxy) is 1. The smallest absolute Gasteiger partial charge is 0.225 e. The van der Waals surface area contributed by atoms with Gasteiger partial charge in [0.1, 0.15) is 17.4 Å². The molecule has 0 unspecified atom stereocenters. The molecule has 5 nitrogen and oxygen atoms in total. The third-order valence-electron chi connectivity index (χ3n) is 3.56. The molecule has 1 aromatic heterocycles. The van der Waals surface area contributed by atoms with E-state index in [2.05, 4.69) is 20.6 Å². The number of nitrogens with zero attached hydrogens (tertiary/aromatic N) is 2. The molecule has 0 saturated carbocycles. The van der Waals surface area contributed by atoms with Gasteiger partial charge in [-0.15, -0.1) is 0 Å². The minimum Gasteiger partial charge on any atom is -0.497 e. The van der Waals surface area contributed by atoms with E-state index in [4.69, 9.17) is 4.74 Å². The van der Waals surface area contributed by atoms with Gasteiger partial charge in [-0.2, -0.15) is 4.98 Å². The number of aromatic nitrogens is 2. The maximum Gasteiger partial charge on any atom is 0.225 e. The van der Waals surface area contributed by atoms with Gasteiger partial charge in [-0.1, -0.05) is 18.2 Å². The predicted molar refractivity (Wildman–Crippen MR) is 96.8 cm³/mol. The summed E-state index contributed by atoms with van der Waals surface area (Å²) in [7, 11) is 1.63. The van der Waals surface area contributed by atoms with Gasteiger partial charge in [0.25, 0.3) is 0 Å². The molecule has 0 atom stereocenters. The summed E-state index contributed by atoms with van der Waals surface area (Å²) in [6.45, 7) is 2.42. The second-order valence-electron chi connectivity index (χ2n) is 5.56. The van der Waals surface area contributed by atoms with Crippen molar-refractivity contribution in [2.45, 2.75) is 13.5 Å². The van der Waals surface area contributed by atoms with Crippen LogP contribution in [0.2, 0.25) is 0 Å². The van der Waals surface area contributed by atoms with Crippen LogP contribution < -0.4 is 15.4 Å². The molecule has 1 heterocycles. The quantitative estimate of drug-likeness (QED) is 0.702. The Hall–Kier alpha value is -3.15. The Kier molecular flexibility index (Phi) is 5.09. The molecular formula is C19H19FN4O. The first-order valence-electron chi connectivity index (χ1n) is 7.87. The Morgan fingerprint density at radius 3 is 2.60 bits per heavy atom. The van der Waals surface area contributed by atoms with E-state index in [1.54, 1.807) is 19.2 Å². The highest BCUT2D eigenvalue weighted by Gasteiger charge is 2.04. The molecule has 2 aromatic carbocycles. The summed E-state index contributed by atoms with van der Waals surface area (Å²) in [6, 6.07) is 15.8. The Bertz CT molecular complexity index is 852. The van der Waals surface area contributed by atoms with Crippen molar-refractivity contribution in [1.29, 1.82) is 0 Å². The van der Waals surface area contributed by atoms with Crippen LogP contribution in [-0.4, -0.2) is 17.1 Å². The zero-order valence-electron chi connectivity index (χ0n) is 14.1. The lowest BCUT2D eigenvalue weighted by Crippen LogP contribution is -2.06. The van der Waals surface area contributed by atoms with Gasteiger partial charge in [0.05, 0.1) is 7.11 Å². The van der Waals surface area contributed by atoms with Crippen molar-refractivity contribution in [2.75, 3.05) is 17.7 Å². The fourth-order valence-corrected chi connectivity index (χ4v) is 2.34. The standard InChI is InChI=1S/C19H19FN4O/c1-13-10-18(23-16-4-3-5-17(11-16)25-2)24-19(22-13)21-12-14-6-8-15(20)9-7-14/h3-11H,12H2,1-2H3,(H2,21,22,23,24). The number of aryl methyl sites for hydroxylation is 1. The van der Waals surface area contributed by atoms with E-state index < -0.39 is 0 Å². The van der Waals surface area contributed by atoms with Crippen LogP contribution in [0.25, 0.3) is 0 Å². The molecule has 6 heteroatoms. The number of hydrogen-bond acceptors (Lipinski definition) is 5. The van der Waals surface area contributed by atoms with E-state index in [1.165, 1.54) is 12.1 Å². The van der Waals surface area contributed by atoms with Gasteiger partial charge >= 0.3 is 0 Å². The zero-order chi connectivity index (χ0) is 17.6. The van der Waals surface area contributed by atoms with Gasteiger partial charge < -0.3 is 15.4 Å². The van der Waals surface area contributed by atoms with Crippen LogP contribution in [-0.2, 0) is 6.54 Å². The van der Waals surface area contributed by atoms with Gasteiger partial charge in [-0.3, -0.25) is 0 Å². The number of benzene rings is 2. The fraction of sp³-hybridized carbons (Fsp3) is 0.158. The summed E-state index contributed by atoms with van der Waals surface area (Å²) in [6.07, 6.45) is 0. The molecule has 25 heavy (non-hydrogen) atoms. The minimum absolute atomic E-state index is 0.250. The topological polar surface area (TPSA) is 59.1 Å². The molecule has 128 valence electrons. The average Bonchev–Trinajstić information content (AvgIpc) is 2.61. The van der Waals surface area contributed by atoms with Crippen LogP contribution in [0.3, 0.4) is 0 Å². The maximum absolute atomic E-state index is 13.0. The van der Waals surface area contributed by atoms with Gasteiger partial charge in [0.15, 0.2) is 0 Å². The molecule has 0 fully saturated rings. The monoisotopic (exact) mass is 338 g/mol. The van der Waals surface area contributed by atoms with Crippen molar-refractivity contribution >= 4 is 17.5 Å². The Morgan fingerprint density at radius 2 is 1.84 bits per heavy atom. The highest BCUT2D eigenvalue weighted by molar-refractivity contribution is 5.59. The van der Waals surface area contributed by atoms with E-state index in [0.29, 0.717) is 18.3 Å². The van der Waals surface area contributed by atoms with Crippen LogP contribution in [0.1, 0.15) is 11.3 Å². The molecule has 2 N–H and O–H groups in total. The number of methoxy groups -OCH3 is 1. The minimum atomic E-state index is -0.250. The third-order valence-corrected chi connectivity index (χ3v) is 3.56. The van der Waals surface area contributed by atoms with Crippen molar-refractivity contribution in [2.24, 2.45) is 0 Å². The lowest BCUT2D eigenvalue weighted by molar-refractivity contribution is 0.415. The van der Waals surface area contributed by atoms with Gasteiger partial charge in [0, 0.05) is 30.1 Å². The van der Waals surface area contributed by atoms with Crippen LogP contribution in [0.15, 0.2) is 54.6 Å². The summed E-state index contributed by atoms with van der Waals surface area (Å²) in [5.41, 5.74) is 2.66. The van der Waals surface area contributed by atoms with Crippen LogP contribution in [0.4, 0.5) is 21.8 Å². The van der Waals surface area contributed by atoms with Crippen LogP contribution in [0.5, 0.6) is 5.75 Å². The highest BCUT2D eigenvalue weighted by Crippen LogP contribution is 2.21. The molecule has 0 spiro atoms. The summed E-state index contributed by atoms with van der Waals surface area (Å²) in [5, 5.41) is 6.41. The Balaban J connectivity index is 1.72. The van der Waals surface area contributed by atoms with Crippen molar-refractivity contribution in [3.05, 3.63) is 71.7 Å². The SMILES string of the molecule is COc1cccc(Nc2cc(C)nc(NCc3ccc(F)cc3)n2)c1. The normalized spacial score (nSPS) is 10.4. The number of nitrogens with one attached hydrogen (secondary N) is 2. The Labute approximate surface area is 145 Å². The van der Waals surface area contributed by atoms with E-state index in [0.717, 1.165) is 22.7 Å². The van der Waals surface area contributed by atoms with Crippen molar-refractivity contribution in [1.82, 2.24) is 9.97 Å². The molecule has 0 aliphatic heterocycles. The number of rotatable bonds is 6. The van der Waals surface area contributed by atoms with Crippen LogP contribution >= 0.6 is 0 Å². The van der Waals surface area contributed by atoms with Gasteiger partial charge in [-0.25, -0.2) is 9.37 Å². The Morgan fingerprint density at radius 1 is 1.04 bits per heavy atom. The number of hydrogen-bond donors (Lipinski definition) is 2. The number of halogens is 1. The zero-order valence-corrected chi connectivity index (χ0v) is 14.1. The van der Waals surface area contributed by atoms with Crippen molar-refractivity contribution < 1.29 is 9.13 Å². The van der Waals surface area contributed by atoms with Crippen LogP contribution in [0, 0.1) is 12.7 Å². The van der Waals surface area contributed by atoms with E-state index in [1.807, 2.05) is 37.3 Å². The maximum atomic E-state index is 13.0. The molecule has 0 aliphatic rings. The summed E-state index contributed by atoms with van der Waals surface area (Å²) < 4.78 is 18.2. The van der Waals surface area contributed by atoms with E-state index in [-0.39, 0.29) is 5.82 Å². The summed E-state index contributed by atoms with van der Waals surface area (Å²) in [5.74, 6) is 1.71. The van der Waals surface area contributed by atoms with E-state index in [9.17, 15) is 4.39 Å². The number of anilines is 3. The lowest BCUT2D eigenvalue weighted by atomic mass is 10.2.